The SMILES string of the molecule is CC(C)C(C#N)NC1CCS(=O)(=O)C1. The predicted octanol–water partition coefficient (Wildman–Crippen LogP) is 0.311. The first kappa shape index (κ1) is 11.5. The normalized spacial score (nSPS) is 27.4. The van der Waals surface area contributed by atoms with Gasteiger partial charge in [0.05, 0.1) is 23.6 Å². The van der Waals surface area contributed by atoms with E-state index >= 15 is 0 Å². The smallest absolute Gasteiger partial charge is 0.151 e. The van der Waals surface area contributed by atoms with Crippen LogP contribution in [-0.4, -0.2) is 32.0 Å². The molecule has 1 aliphatic rings. The molecule has 2 atom stereocenters. The van der Waals surface area contributed by atoms with E-state index in [2.05, 4.69) is 11.4 Å². The minimum atomic E-state index is -2.85. The minimum absolute atomic E-state index is 0.0351. The fourth-order valence-electron chi connectivity index (χ4n) is 1.56. The van der Waals surface area contributed by atoms with Crippen LogP contribution in [0.4, 0.5) is 0 Å². The summed E-state index contributed by atoms with van der Waals surface area (Å²) in [5.41, 5.74) is 0. The Morgan fingerprint density at radius 1 is 1.50 bits per heavy atom. The maximum absolute atomic E-state index is 11.2. The van der Waals surface area contributed by atoms with Crippen LogP contribution in [0.15, 0.2) is 0 Å². The Kier molecular flexibility index (Phi) is 3.51. The zero-order chi connectivity index (χ0) is 10.8. The fourth-order valence-corrected chi connectivity index (χ4v) is 3.25. The maximum atomic E-state index is 11.2. The Bertz CT molecular complexity index is 329. The molecule has 1 heterocycles. The first-order chi connectivity index (χ1) is 6.44. The fraction of sp³-hybridized carbons (Fsp3) is 0.889. The van der Waals surface area contributed by atoms with Crippen LogP contribution in [0.5, 0.6) is 0 Å². The van der Waals surface area contributed by atoms with Gasteiger partial charge in [0.15, 0.2) is 9.84 Å². The van der Waals surface area contributed by atoms with Gasteiger partial charge in [0.25, 0.3) is 0 Å². The lowest BCUT2D eigenvalue weighted by Crippen LogP contribution is -2.41. The Hall–Kier alpha value is -0.600. The molecule has 0 aromatic rings. The number of hydrogen-bond donors (Lipinski definition) is 1. The van der Waals surface area contributed by atoms with Crippen molar-refractivity contribution in [1.29, 1.82) is 5.26 Å². The van der Waals surface area contributed by atoms with Gasteiger partial charge in [-0.15, -0.1) is 0 Å². The third-order valence-corrected chi connectivity index (χ3v) is 4.22. The molecule has 0 saturated carbocycles. The molecule has 14 heavy (non-hydrogen) atoms. The summed E-state index contributed by atoms with van der Waals surface area (Å²) < 4.78 is 22.3. The monoisotopic (exact) mass is 216 g/mol. The molecule has 0 aromatic heterocycles. The third-order valence-electron chi connectivity index (χ3n) is 2.45. The molecule has 5 heteroatoms. The number of rotatable bonds is 3. The van der Waals surface area contributed by atoms with E-state index in [0.29, 0.717) is 6.42 Å². The average molecular weight is 216 g/mol. The molecule has 80 valence electrons. The molecular formula is C9H16N2O2S. The number of nitrogens with one attached hydrogen (secondary N) is 1. The van der Waals surface area contributed by atoms with Crippen molar-refractivity contribution in [1.82, 2.24) is 5.32 Å². The highest BCUT2D eigenvalue weighted by Crippen LogP contribution is 2.13. The van der Waals surface area contributed by atoms with Crippen molar-refractivity contribution in [2.75, 3.05) is 11.5 Å². The highest BCUT2D eigenvalue weighted by molar-refractivity contribution is 7.91. The van der Waals surface area contributed by atoms with Crippen molar-refractivity contribution in [3.63, 3.8) is 0 Å². The second-order valence-corrected chi connectivity index (χ2v) is 6.35. The molecule has 1 rings (SSSR count). The van der Waals surface area contributed by atoms with Crippen LogP contribution in [0, 0.1) is 17.2 Å². The third kappa shape index (κ3) is 2.96. The molecule has 1 aliphatic heterocycles. The van der Waals surface area contributed by atoms with Crippen LogP contribution in [0.25, 0.3) is 0 Å². The molecule has 1 N–H and O–H groups in total. The first-order valence-electron chi connectivity index (χ1n) is 4.80. The van der Waals surface area contributed by atoms with Crippen LogP contribution in [0.3, 0.4) is 0 Å². The topological polar surface area (TPSA) is 70.0 Å². The second kappa shape index (κ2) is 4.28. The van der Waals surface area contributed by atoms with Gasteiger partial charge < -0.3 is 0 Å². The lowest BCUT2D eigenvalue weighted by atomic mass is 10.0. The van der Waals surface area contributed by atoms with E-state index in [4.69, 9.17) is 5.26 Å². The second-order valence-electron chi connectivity index (χ2n) is 4.12. The molecule has 2 unspecified atom stereocenters. The van der Waals surface area contributed by atoms with Gasteiger partial charge in [-0.3, -0.25) is 5.32 Å². The summed E-state index contributed by atoms with van der Waals surface area (Å²) >= 11 is 0. The Balaban J connectivity index is 2.51. The first-order valence-corrected chi connectivity index (χ1v) is 6.63. The van der Waals surface area contributed by atoms with E-state index in [1.165, 1.54) is 0 Å². The Morgan fingerprint density at radius 3 is 2.50 bits per heavy atom. The molecule has 0 aromatic carbocycles. The van der Waals surface area contributed by atoms with Gasteiger partial charge in [0, 0.05) is 6.04 Å². The summed E-state index contributed by atoms with van der Waals surface area (Å²) in [7, 11) is -2.85. The molecule has 1 fully saturated rings. The van der Waals surface area contributed by atoms with Gasteiger partial charge in [0.1, 0.15) is 0 Å². The van der Waals surface area contributed by atoms with Gasteiger partial charge >= 0.3 is 0 Å². The summed E-state index contributed by atoms with van der Waals surface area (Å²) in [5.74, 6) is 0.641. The van der Waals surface area contributed by atoms with E-state index in [1.807, 2.05) is 13.8 Å². The van der Waals surface area contributed by atoms with Gasteiger partial charge in [-0.1, -0.05) is 13.8 Å². The van der Waals surface area contributed by atoms with E-state index in [-0.39, 0.29) is 29.5 Å². The minimum Gasteiger partial charge on any atom is -0.298 e. The number of hydrogen-bond acceptors (Lipinski definition) is 4. The molecule has 1 saturated heterocycles. The van der Waals surface area contributed by atoms with Gasteiger partial charge in [-0.05, 0) is 12.3 Å². The van der Waals surface area contributed by atoms with Crippen LogP contribution in [0.2, 0.25) is 0 Å². The van der Waals surface area contributed by atoms with E-state index < -0.39 is 9.84 Å². The van der Waals surface area contributed by atoms with Crippen LogP contribution in [-0.2, 0) is 9.84 Å². The van der Waals surface area contributed by atoms with Crippen LogP contribution >= 0.6 is 0 Å². The van der Waals surface area contributed by atoms with E-state index in [9.17, 15) is 8.42 Å². The summed E-state index contributed by atoms with van der Waals surface area (Å²) in [6.07, 6.45) is 0.632. The molecule has 0 amide bonds. The average Bonchev–Trinajstić information content (AvgIpc) is 2.41. The van der Waals surface area contributed by atoms with E-state index in [1.54, 1.807) is 0 Å². The van der Waals surface area contributed by atoms with Gasteiger partial charge in [-0.2, -0.15) is 5.26 Å². The zero-order valence-electron chi connectivity index (χ0n) is 8.53. The summed E-state index contributed by atoms with van der Waals surface area (Å²) in [5, 5.41) is 11.9. The Labute approximate surface area is 85.2 Å². The molecular weight excluding hydrogens is 200 g/mol. The Morgan fingerprint density at radius 2 is 2.14 bits per heavy atom. The standard InChI is InChI=1S/C9H16N2O2S/c1-7(2)9(5-10)11-8-3-4-14(12,13)6-8/h7-9,11H,3-4,6H2,1-2H3. The largest absolute Gasteiger partial charge is 0.298 e. The molecule has 4 nitrogen and oxygen atoms in total. The predicted molar refractivity (Wildman–Crippen MR) is 54.4 cm³/mol. The van der Waals surface area contributed by atoms with Crippen molar-refractivity contribution >= 4 is 9.84 Å². The quantitative estimate of drug-likeness (QED) is 0.737. The molecule has 0 aliphatic carbocycles. The summed E-state index contributed by atoms with van der Waals surface area (Å²) in [6.45, 7) is 3.90. The highest BCUT2D eigenvalue weighted by atomic mass is 32.2. The van der Waals surface area contributed by atoms with Crippen molar-refractivity contribution < 1.29 is 8.42 Å². The highest BCUT2D eigenvalue weighted by Gasteiger charge is 2.29. The molecule has 0 radical (unpaired) electrons. The van der Waals surface area contributed by atoms with Crippen molar-refractivity contribution in [2.45, 2.75) is 32.4 Å². The van der Waals surface area contributed by atoms with Crippen LogP contribution in [0.1, 0.15) is 20.3 Å². The lowest BCUT2D eigenvalue weighted by Gasteiger charge is -2.18. The molecule has 0 bridgehead atoms. The number of nitrogens with zero attached hydrogens (tertiary/aromatic N) is 1. The zero-order valence-corrected chi connectivity index (χ0v) is 9.34. The summed E-state index contributed by atoms with van der Waals surface area (Å²) in [4.78, 5) is 0. The maximum Gasteiger partial charge on any atom is 0.151 e. The van der Waals surface area contributed by atoms with E-state index in [0.717, 1.165) is 0 Å². The molecule has 0 spiro atoms. The number of sulfone groups is 1. The van der Waals surface area contributed by atoms with Gasteiger partial charge in [-0.25, -0.2) is 8.42 Å². The van der Waals surface area contributed by atoms with Crippen molar-refractivity contribution in [2.24, 2.45) is 5.92 Å². The summed E-state index contributed by atoms with van der Waals surface area (Å²) in [6, 6.07) is 1.87. The number of nitriles is 1. The van der Waals surface area contributed by atoms with Crippen molar-refractivity contribution in [3.05, 3.63) is 0 Å². The van der Waals surface area contributed by atoms with Crippen molar-refractivity contribution in [3.8, 4) is 6.07 Å². The lowest BCUT2D eigenvalue weighted by molar-refractivity contribution is 0.424. The van der Waals surface area contributed by atoms with Gasteiger partial charge in [0.2, 0.25) is 0 Å². The van der Waals surface area contributed by atoms with Crippen LogP contribution < -0.4 is 5.32 Å².